The number of hydrogen-bond acceptors (Lipinski definition) is 2. The van der Waals surface area contributed by atoms with Gasteiger partial charge in [0.15, 0.2) is 0 Å². The van der Waals surface area contributed by atoms with Gasteiger partial charge in [0.25, 0.3) is 5.69 Å². The maximum Gasteiger partial charge on any atom is 0.416 e. The van der Waals surface area contributed by atoms with Crippen LogP contribution in [-0.4, -0.2) is 4.92 Å². The molecule has 3 nitrogen and oxygen atoms in total. The molecule has 25 heavy (non-hydrogen) atoms. The summed E-state index contributed by atoms with van der Waals surface area (Å²) < 4.78 is 75.2. The van der Waals surface area contributed by atoms with Crippen LogP contribution in [0.2, 0.25) is 0 Å². The molecule has 0 saturated carbocycles. The molecule has 0 aliphatic heterocycles. The third-order valence-electron chi connectivity index (χ3n) is 3.25. The SMILES string of the molecule is O=[N+]([O-])c1cc(C(F)(F)F)ccc1/C=C/c1ccc(C(F)(F)F)cc1. The number of alkyl halides is 6. The molecule has 0 aliphatic carbocycles. The van der Waals surface area contributed by atoms with Crippen molar-refractivity contribution in [2.24, 2.45) is 0 Å². The zero-order valence-electron chi connectivity index (χ0n) is 12.2. The monoisotopic (exact) mass is 361 g/mol. The van der Waals surface area contributed by atoms with E-state index in [9.17, 15) is 36.5 Å². The zero-order chi connectivity index (χ0) is 18.8. The van der Waals surface area contributed by atoms with E-state index in [1.807, 2.05) is 0 Å². The largest absolute Gasteiger partial charge is 0.416 e. The highest BCUT2D eigenvalue weighted by atomic mass is 19.4. The van der Waals surface area contributed by atoms with Gasteiger partial charge in [-0.2, -0.15) is 26.3 Å². The number of halogens is 6. The Labute approximate surface area is 137 Å². The van der Waals surface area contributed by atoms with E-state index < -0.39 is 34.1 Å². The van der Waals surface area contributed by atoms with Crippen molar-refractivity contribution in [1.29, 1.82) is 0 Å². The number of nitrogens with zero attached hydrogens (tertiary/aromatic N) is 1. The zero-order valence-corrected chi connectivity index (χ0v) is 12.2. The van der Waals surface area contributed by atoms with Gasteiger partial charge in [-0.05, 0) is 35.9 Å². The van der Waals surface area contributed by atoms with Crippen molar-refractivity contribution < 1.29 is 31.3 Å². The first kappa shape index (κ1) is 18.5. The lowest BCUT2D eigenvalue weighted by molar-refractivity contribution is -0.385. The lowest BCUT2D eigenvalue weighted by atomic mass is 10.1. The van der Waals surface area contributed by atoms with Crippen LogP contribution in [0.4, 0.5) is 32.0 Å². The molecule has 0 saturated heterocycles. The Balaban J connectivity index is 2.33. The fourth-order valence-corrected chi connectivity index (χ4v) is 1.99. The van der Waals surface area contributed by atoms with Crippen LogP contribution in [0.1, 0.15) is 22.3 Å². The molecule has 2 aromatic carbocycles. The van der Waals surface area contributed by atoms with E-state index in [2.05, 4.69) is 0 Å². The molecule has 0 radical (unpaired) electrons. The summed E-state index contributed by atoms with van der Waals surface area (Å²) >= 11 is 0. The van der Waals surface area contributed by atoms with Crippen LogP contribution >= 0.6 is 0 Å². The number of nitro benzene ring substituents is 1. The highest BCUT2D eigenvalue weighted by molar-refractivity contribution is 5.74. The Kier molecular flexibility index (Phi) is 4.87. The lowest BCUT2D eigenvalue weighted by Crippen LogP contribution is -2.06. The number of rotatable bonds is 3. The molecule has 0 bridgehead atoms. The summed E-state index contributed by atoms with van der Waals surface area (Å²) in [7, 11) is 0. The second kappa shape index (κ2) is 6.58. The summed E-state index contributed by atoms with van der Waals surface area (Å²) in [4.78, 5) is 9.99. The topological polar surface area (TPSA) is 43.1 Å². The Morgan fingerprint density at radius 3 is 1.80 bits per heavy atom. The van der Waals surface area contributed by atoms with Crippen LogP contribution in [-0.2, 0) is 12.4 Å². The second-order valence-corrected chi connectivity index (χ2v) is 4.98. The highest BCUT2D eigenvalue weighted by Gasteiger charge is 2.32. The summed E-state index contributed by atoms with van der Waals surface area (Å²) in [5.74, 6) is 0. The Bertz CT molecular complexity index is 807. The van der Waals surface area contributed by atoms with Crippen LogP contribution in [0.25, 0.3) is 12.2 Å². The molecule has 0 fully saturated rings. The van der Waals surface area contributed by atoms with E-state index in [1.165, 1.54) is 12.2 Å². The summed E-state index contributed by atoms with van der Waals surface area (Å²) in [5, 5.41) is 10.9. The van der Waals surface area contributed by atoms with Gasteiger partial charge in [0.05, 0.1) is 21.6 Å². The lowest BCUT2D eigenvalue weighted by Gasteiger charge is -2.07. The molecule has 0 atom stereocenters. The van der Waals surface area contributed by atoms with Crippen molar-refractivity contribution in [3.05, 3.63) is 74.8 Å². The van der Waals surface area contributed by atoms with E-state index in [0.717, 1.165) is 30.3 Å². The predicted octanol–water partition coefficient (Wildman–Crippen LogP) is 5.80. The van der Waals surface area contributed by atoms with E-state index in [4.69, 9.17) is 0 Å². The Hall–Kier alpha value is -2.84. The van der Waals surface area contributed by atoms with Crippen LogP contribution < -0.4 is 0 Å². The summed E-state index contributed by atoms with van der Waals surface area (Å²) in [6.07, 6.45) is -6.77. The standard InChI is InChI=1S/C16H9F6NO2/c17-15(18,19)12-6-2-10(3-7-12)1-4-11-5-8-13(16(20,21)22)9-14(11)23(24)25/h1-9H/b4-1+. The molecule has 9 heteroatoms. The maximum atomic E-state index is 12.6. The molecule has 0 amide bonds. The van der Waals surface area contributed by atoms with Crippen molar-refractivity contribution in [3.8, 4) is 0 Å². The first-order chi connectivity index (χ1) is 11.5. The fourth-order valence-electron chi connectivity index (χ4n) is 1.99. The van der Waals surface area contributed by atoms with Gasteiger partial charge in [0.2, 0.25) is 0 Å². The van der Waals surface area contributed by atoms with E-state index >= 15 is 0 Å². The molecule has 0 aliphatic rings. The minimum Gasteiger partial charge on any atom is -0.258 e. The van der Waals surface area contributed by atoms with Crippen molar-refractivity contribution in [3.63, 3.8) is 0 Å². The smallest absolute Gasteiger partial charge is 0.258 e. The maximum absolute atomic E-state index is 12.6. The van der Waals surface area contributed by atoms with E-state index in [1.54, 1.807) is 0 Å². The first-order valence-corrected chi connectivity index (χ1v) is 6.69. The van der Waals surface area contributed by atoms with Gasteiger partial charge in [-0.15, -0.1) is 0 Å². The van der Waals surface area contributed by atoms with E-state index in [-0.39, 0.29) is 5.56 Å². The summed E-state index contributed by atoms with van der Waals surface area (Å²) in [5.41, 5.74) is -2.56. The van der Waals surface area contributed by atoms with Crippen LogP contribution in [0, 0.1) is 10.1 Å². The average molecular weight is 361 g/mol. The molecule has 0 heterocycles. The quantitative estimate of drug-likeness (QED) is 0.300. The molecular weight excluding hydrogens is 352 g/mol. The highest BCUT2D eigenvalue weighted by Crippen LogP contribution is 2.34. The van der Waals surface area contributed by atoms with Gasteiger partial charge in [-0.25, -0.2) is 0 Å². The van der Waals surface area contributed by atoms with Crippen molar-refractivity contribution in [2.75, 3.05) is 0 Å². The molecule has 2 aromatic rings. The minimum absolute atomic E-state index is 0.0992. The van der Waals surface area contributed by atoms with Crippen molar-refractivity contribution in [2.45, 2.75) is 12.4 Å². The number of nitro groups is 1. The van der Waals surface area contributed by atoms with Gasteiger partial charge >= 0.3 is 12.4 Å². The van der Waals surface area contributed by atoms with E-state index in [0.29, 0.717) is 17.7 Å². The van der Waals surface area contributed by atoms with Crippen LogP contribution in [0.5, 0.6) is 0 Å². The fraction of sp³-hybridized carbons (Fsp3) is 0.125. The number of benzene rings is 2. The van der Waals surface area contributed by atoms with Gasteiger partial charge in [0, 0.05) is 6.07 Å². The van der Waals surface area contributed by atoms with Gasteiger partial charge in [-0.3, -0.25) is 10.1 Å². The number of hydrogen-bond donors (Lipinski definition) is 0. The molecule has 0 N–H and O–H groups in total. The summed E-state index contributed by atoms with van der Waals surface area (Å²) in [6, 6.07) is 6.00. The van der Waals surface area contributed by atoms with Crippen LogP contribution in [0.15, 0.2) is 42.5 Å². The molecule has 0 spiro atoms. The molecule has 0 aromatic heterocycles. The first-order valence-electron chi connectivity index (χ1n) is 6.69. The predicted molar refractivity (Wildman–Crippen MR) is 78.5 cm³/mol. The normalized spacial score (nSPS) is 12.6. The third kappa shape index (κ3) is 4.59. The molecule has 0 unspecified atom stereocenters. The molecular formula is C16H9F6NO2. The third-order valence-corrected chi connectivity index (χ3v) is 3.25. The average Bonchev–Trinajstić information content (AvgIpc) is 2.51. The molecule has 2 rings (SSSR count). The summed E-state index contributed by atoms with van der Waals surface area (Å²) in [6.45, 7) is 0. The molecule has 132 valence electrons. The second-order valence-electron chi connectivity index (χ2n) is 4.98. The van der Waals surface area contributed by atoms with Crippen molar-refractivity contribution in [1.82, 2.24) is 0 Å². The Morgan fingerprint density at radius 1 is 0.800 bits per heavy atom. The van der Waals surface area contributed by atoms with Crippen LogP contribution in [0.3, 0.4) is 0 Å². The van der Waals surface area contributed by atoms with Crippen molar-refractivity contribution >= 4 is 17.8 Å². The van der Waals surface area contributed by atoms with Gasteiger partial charge in [-0.1, -0.05) is 18.2 Å². The van der Waals surface area contributed by atoms with Gasteiger partial charge < -0.3 is 0 Å². The Morgan fingerprint density at radius 2 is 1.32 bits per heavy atom. The minimum atomic E-state index is -4.72. The van der Waals surface area contributed by atoms with Gasteiger partial charge in [0.1, 0.15) is 0 Å².